The lowest BCUT2D eigenvalue weighted by atomic mass is 9.82. The molecule has 6 heteroatoms. The van der Waals surface area contributed by atoms with Gasteiger partial charge in [-0.25, -0.2) is 0 Å². The van der Waals surface area contributed by atoms with Gasteiger partial charge in [-0.15, -0.1) is 11.3 Å². The fourth-order valence-electron chi connectivity index (χ4n) is 5.92. The van der Waals surface area contributed by atoms with Gasteiger partial charge in [-0.3, -0.25) is 14.6 Å². The first-order valence-electron chi connectivity index (χ1n) is 12.1. The molecule has 0 radical (unpaired) electrons. The van der Waals surface area contributed by atoms with Gasteiger partial charge in [0.25, 0.3) is 5.56 Å². The van der Waals surface area contributed by atoms with Gasteiger partial charge in [0, 0.05) is 67.9 Å². The second-order valence-corrected chi connectivity index (χ2v) is 10.7. The quantitative estimate of drug-likeness (QED) is 0.575. The summed E-state index contributed by atoms with van der Waals surface area (Å²) in [6, 6.07) is 17.1. The van der Waals surface area contributed by atoms with Crippen LogP contribution < -0.4 is 5.56 Å². The first kappa shape index (κ1) is 21.3. The lowest BCUT2D eigenvalue weighted by Crippen LogP contribution is -2.46. The molecule has 0 spiro atoms. The zero-order valence-electron chi connectivity index (χ0n) is 19.0. The Bertz CT molecular complexity index is 1170. The summed E-state index contributed by atoms with van der Waals surface area (Å²) in [6.07, 6.45) is 1.20. The van der Waals surface area contributed by atoms with Crippen molar-refractivity contribution in [3.63, 3.8) is 0 Å². The van der Waals surface area contributed by atoms with E-state index >= 15 is 0 Å². The molecule has 5 nitrogen and oxygen atoms in total. The van der Waals surface area contributed by atoms with Crippen LogP contribution in [0, 0.1) is 5.92 Å². The molecule has 3 aliphatic heterocycles. The van der Waals surface area contributed by atoms with Crippen LogP contribution in [0.15, 0.2) is 58.7 Å². The van der Waals surface area contributed by atoms with Crippen molar-refractivity contribution in [1.82, 2.24) is 14.4 Å². The number of thiophene rings is 1. The van der Waals surface area contributed by atoms with Crippen LogP contribution in [0.2, 0.25) is 0 Å². The van der Waals surface area contributed by atoms with E-state index in [9.17, 15) is 4.79 Å². The smallest absolute Gasteiger partial charge is 0.258 e. The lowest BCUT2D eigenvalue weighted by molar-refractivity contribution is 0.0342. The molecule has 0 amide bonds. The monoisotopic (exact) mass is 461 g/mol. The van der Waals surface area contributed by atoms with Gasteiger partial charge in [0.1, 0.15) is 0 Å². The van der Waals surface area contributed by atoms with Gasteiger partial charge in [-0.05, 0) is 47.0 Å². The summed E-state index contributed by atoms with van der Waals surface area (Å²) in [5.74, 6) is 0.996. The van der Waals surface area contributed by atoms with E-state index in [2.05, 4.69) is 68.3 Å². The highest BCUT2D eigenvalue weighted by atomic mass is 32.1. The molecule has 2 saturated heterocycles. The van der Waals surface area contributed by atoms with E-state index in [0.717, 1.165) is 70.2 Å². The zero-order chi connectivity index (χ0) is 22.2. The summed E-state index contributed by atoms with van der Waals surface area (Å²) in [7, 11) is 0. The number of rotatable bonds is 5. The predicted octanol–water partition coefficient (Wildman–Crippen LogP) is 4.03. The Balaban J connectivity index is 1.28. The van der Waals surface area contributed by atoms with Gasteiger partial charge < -0.3 is 9.30 Å². The lowest BCUT2D eigenvalue weighted by Gasteiger charge is -2.42. The molecular formula is C27H31N3O2S. The minimum Gasteiger partial charge on any atom is -0.379 e. The number of hydrogen-bond acceptors (Lipinski definition) is 5. The van der Waals surface area contributed by atoms with Gasteiger partial charge in [0.2, 0.25) is 0 Å². The van der Waals surface area contributed by atoms with Gasteiger partial charge in [-0.2, -0.15) is 0 Å². The van der Waals surface area contributed by atoms with Gasteiger partial charge >= 0.3 is 0 Å². The van der Waals surface area contributed by atoms with E-state index in [-0.39, 0.29) is 5.56 Å². The average molecular weight is 462 g/mol. The van der Waals surface area contributed by atoms with Crippen molar-refractivity contribution in [2.75, 3.05) is 39.4 Å². The number of likely N-dealkylation sites (tertiary alicyclic amines) is 1. The van der Waals surface area contributed by atoms with Crippen LogP contribution in [0.4, 0.5) is 0 Å². The third kappa shape index (κ3) is 4.33. The molecule has 33 heavy (non-hydrogen) atoms. The van der Waals surface area contributed by atoms with Crippen LogP contribution >= 0.6 is 11.3 Å². The Morgan fingerprint density at radius 2 is 1.76 bits per heavy atom. The molecule has 0 saturated carbocycles. The second-order valence-electron chi connectivity index (χ2n) is 9.71. The Labute approximate surface area is 199 Å². The average Bonchev–Trinajstić information content (AvgIpc) is 3.34. The number of morpholine rings is 1. The van der Waals surface area contributed by atoms with E-state index in [4.69, 9.17) is 4.74 Å². The third-order valence-corrected chi connectivity index (χ3v) is 8.31. The van der Waals surface area contributed by atoms with E-state index in [1.807, 2.05) is 11.3 Å². The third-order valence-electron chi connectivity index (χ3n) is 7.44. The van der Waals surface area contributed by atoms with E-state index in [0.29, 0.717) is 11.8 Å². The number of aromatic nitrogens is 1. The number of nitrogens with zero attached hydrogens (tertiary/aromatic N) is 3. The maximum atomic E-state index is 13.7. The van der Waals surface area contributed by atoms with E-state index < -0.39 is 0 Å². The maximum Gasteiger partial charge on any atom is 0.258 e. The highest BCUT2D eigenvalue weighted by molar-refractivity contribution is 7.09. The molecule has 3 aliphatic rings. The van der Waals surface area contributed by atoms with Crippen LogP contribution in [-0.2, 0) is 24.4 Å². The fraction of sp³-hybridized carbons (Fsp3) is 0.444. The molecule has 0 N–H and O–H groups in total. The number of pyridine rings is 1. The molecule has 0 aliphatic carbocycles. The predicted molar refractivity (Wildman–Crippen MR) is 133 cm³/mol. The summed E-state index contributed by atoms with van der Waals surface area (Å²) < 4.78 is 7.61. The standard InChI is InChI=1S/C27H31N3O2S/c31-27-25(24-6-2-1-4-21(24)17-28-9-11-32-12-10-28)7-8-26-22-14-20(16-30(26)27)15-29(18-22)19-23-5-3-13-33-23/h1-8,13,20,22H,9-12,14-19H2. The number of hydrogen-bond donors (Lipinski definition) is 0. The second kappa shape index (κ2) is 9.18. The first-order valence-corrected chi connectivity index (χ1v) is 13.0. The molecule has 3 aromatic rings. The fourth-order valence-corrected chi connectivity index (χ4v) is 6.67. The van der Waals surface area contributed by atoms with Crippen LogP contribution in [0.25, 0.3) is 11.1 Å². The zero-order valence-corrected chi connectivity index (χ0v) is 19.8. The normalized spacial score (nSPS) is 23.4. The molecular weight excluding hydrogens is 430 g/mol. The number of piperidine rings is 1. The van der Waals surface area contributed by atoms with E-state index in [1.165, 1.54) is 22.6 Å². The Kier molecular flexibility index (Phi) is 5.93. The highest BCUT2D eigenvalue weighted by Crippen LogP contribution is 2.37. The Hall–Kier alpha value is -2.25. The minimum atomic E-state index is 0.184. The van der Waals surface area contributed by atoms with E-state index in [1.54, 1.807) is 0 Å². The summed E-state index contributed by atoms with van der Waals surface area (Å²) in [5, 5.41) is 2.16. The summed E-state index contributed by atoms with van der Waals surface area (Å²) >= 11 is 1.84. The topological polar surface area (TPSA) is 37.7 Å². The SMILES string of the molecule is O=c1c(-c2ccccc2CN2CCOCC2)ccc2n1CC1CC2CN(Cc2cccs2)C1. The Morgan fingerprint density at radius 3 is 2.61 bits per heavy atom. The molecule has 6 rings (SSSR count). The first-order chi connectivity index (χ1) is 16.2. The molecule has 2 aromatic heterocycles. The van der Waals surface area contributed by atoms with Crippen LogP contribution in [0.3, 0.4) is 0 Å². The molecule has 2 unspecified atom stereocenters. The van der Waals surface area contributed by atoms with Crippen molar-refractivity contribution in [3.8, 4) is 11.1 Å². The number of fused-ring (bicyclic) bond motifs is 4. The highest BCUT2D eigenvalue weighted by Gasteiger charge is 2.35. The van der Waals surface area contributed by atoms with Crippen molar-refractivity contribution < 1.29 is 4.74 Å². The van der Waals surface area contributed by atoms with Crippen molar-refractivity contribution in [3.05, 3.63) is 80.4 Å². The van der Waals surface area contributed by atoms with Crippen LogP contribution in [0.1, 0.15) is 28.5 Å². The van der Waals surface area contributed by atoms with Crippen molar-refractivity contribution in [2.24, 2.45) is 5.92 Å². The van der Waals surface area contributed by atoms with Crippen molar-refractivity contribution in [1.29, 1.82) is 0 Å². The largest absolute Gasteiger partial charge is 0.379 e. The molecule has 2 fully saturated rings. The van der Waals surface area contributed by atoms with Crippen molar-refractivity contribution in [2.45, 2.75) is 32.0 Å². The minimum absolute atomic E-state index is 0.184. The van der Waals surface area contributed by atoms with Crippen molar-refractivity contribution >= 4 is 11.3 Å². The molecule has 5 heterocycles. The number of ether oxygens (including phenoxy) is 1. The Morgan fingerprint density at radius 1 is 0.879 bits per heavy atom. The number of benzene rings is 1. The molecule has 172 valence electrons. The van der Waals surface area contributed by atoms with Gasteiger partial charge in [-0.1, -0.05) is 30.3 Å². The van der Waals surface area contributed by atoms with Crippen LogP contribution in [0.5, 0.6) is 0 Å². The van der Waals surface area contributed by atoms with Gasteiger partial charge in [0.05, 0.1) is 13.2 Å². The maximum absolute atomic E-state index is 13.7. The molecule has 2 bridgehead atoms. The molecule has 2 atom stereocenters. The summed E-state index contributed by atoms with van der Waals surface area (Å²) in [5.41, 5.74) is 4.57. The summed E-state index contributed by atoms with van der Waals surface area (Å²) in [6.45, 7) is 8.33. The van der Waals surface area contributed by atoms with Crippen LogP contribution in [-0.4, -0.2) is 53.8 Å². The molecule has 1 aromatic carbocycles. The summed E-state index contributed by atoms with van der Waals surface area (Å²) in [4.78, 5) is 20.2. The van der Waals surface area contributed by atoms with Gasteiger partial charge in [0.15, 0.2) is 0 Å².